The first-order valence-electron chi connectivity index (χ1n) is 8.75. The van der Waals surface area contributed by atoms with Crippen molar-refractivity contribution in [2.45, 2.75) is 39.2 Å². The zero-order valence-electron chi connectivity index (χ0n) is 15.0. The van der Waals surface area contributed by atoms with Crippen molar-refractivity contribution in [2.24, 2.45) is 5.41 Å². The predicted molar refractivity (Wildman–Crippen MR) is 98.8 cm³/mol. The highest BCUT2D eigenvalue weighted by molar-refractivity contribution is 6.19. The molecule has 5 nitrogen and oxygen atoms in total. The number of halogens is 1. The van der Waals surface area contributed by atoms with E-state index in [-0.39, 0.29) is 17.9 Å². The van der Waals surface area contributed by atoms with Gasteiger partial charge in [0.1, 0.15) is 5.75 Å². The second-order valence-electron chi connectivity index (χ2n) is 7.06. The summed E-state index contributed by atoms with van der Waals surface area (Å²) in [5.41, 5.74) is -0.535. The number of hydrogen-bond donors (Lipinski definition) is 1. The molecule has 6 heteroatoms. The first kappa shape index (κ1) is 19.6. The van der Waals surface area contributed by atoms with Crippen LogP contribution < -0.4 is 10.1 Å². The van der Waals surface area contributed by atoms with E-state index in [0.29, 0.717) is 32.0 Å². The third kappa shape index (κ3) is 5.92. The minimum absolute atomic E-state index is 0.0122. The number of nitrogens with one attached hydrogen (secondary N) is 1. The molecule has 2 amide bonds. The number of carbonyl (C=O) groups excluding carboxylic acids is 2. The smallest absolute Gasteiger partial charge is 0.229 e. The molecule has 0 saturated carbocycles. The summed E-state index contributed by atoms with van der Waals surface area (Å²) < 4.78 is 5.54. The van der Waals surface area contributed by atoms with E-state index in [9.17, 15) is 9.59 Å². The normalized spacial score (nSPS) is 15.7. The van der Waals surface area contributed by atoms with Crippen LogP contribution in [0.25, 0.3) is 0 Å². The van der Waals surface area contributed by atoms with E-state index in [1.54, 1.807) is 0 Å². The Morgan fingerprint density at radius 1 is 1.24 bits per heavy atom. The summed E-state index contributed by atoms with van der Waals surface area (Å²) >= 11 is 5.88. The van der Waals surface area contributed by atoms with Crippen LogP contribution in [0.15, 0.2) is 30.3 Å². The Morgan fingerprint density at radius 3 is 2.48 bits per heavy atom. The fourth-order valence-corrected chi connectivity index (χ4v) is 2.90. The Morgan fingerprint density at radius 2 is 1.88 bits per heavy atom. The van der Waals surface area contributed by atoms with Crippen molar-refractivity contribution in [1.82, 2.24) is 10.2 Å². The summed E-state index contributed by atoms with van der Waals surface area (Å²) in [4.78, 5) is 26.3. The van der Waals surface area contributed by atoms with Crippen LogP contribution in [0.3, 0.4) is 0 Å². The lowest BCUT2D eigenvalue weighted by molar-refractivity contribution is -0.140. The van der Waals surface area contributed by atoms with Crippen molar-refractivity contribution in [2.75, 3.05) is 25.6 Å². The maximum Gasteiger partial charge on any atom is 0.229 e. The van der Waals surface area contributed by atoms with E-state index in [1.807, 2.05) is 49.1 Å². The van der Waals surface area contributed by atoms with Gasteiger partial charge in [-0.05, 0) is 38.8 Å². The summed E-state index contributed by atoms with van der Waals surface area (Å²) in [6, 6.07) is 9.57. The molecule has 1 fully saturated rings. The zero-order chi connectivity index (χ0) is 18.3. The highest BCUT2D eigenvalue weighted by Gasteiger charge is 2.33. The third-order valence-corrected chi connectivity index (χ3v) is 5.07. The monoisotopic (exact) mass is 366 g/mol. The Balaban J connectivity index is 1.67. The Hall–Kier alpha value is -1.75. The number of alkyl halides is 1. The van der Waals surface area contributed by atoms with E-state index in [1.165, 1.54) is 0 Å². The maximum atomic E-state index is 12.4. The quantitative estimate of drug-likeness (QED) is 0.755. The van der Waals surface area contributed by atoms with Crippen LogP contribution in [0, 0.1) is 5.41 Å². The molecule has 0 radical (unpaired) electrons. The molecule has 0 bridgehead atoms. The molecule has 2 rings (SSSR count). The molecule has 1 saturated heterocycles. The summed E-state index contributed by atoms with van der Waals surface area (Å²) in [6.45, 7) is 5.40. The SMILES string of the molecule is CC(C)(CCl)C(=O)N1CCC(NC(=O)CCOc2ccccc2)CC1. The Labute approximate surface area is 154 Å². The topological polar surface area (TPSA) is 58.6 Å². The van der Waals surface area contributed by atoms with Gasteiger partial charge in [-0.25, -0.2) is 0 Å². The van der Waals surface area contributed by atoms with Crippen molar-refractivity contribution in [3.63, 3.8) is 0 Å². The van der Waals surface area contributed by atoms with Gasteiger partial charge in [-0.15, -0.1) is 11.6 Å². The zero-order valence-corrected chi connectivity index (χ0v) is 15.7. The average Bonchev–Trinajstić information content (AvgIpc) is 2.62. The van der Waals surface area contributed by atoms with Gasteiger partial charge in [-0.2, -0.15) is 0 Å². The number of piperidine rings is 1. The van der Waals surface area contributed by atoms with Gasteiger partial charge in [-0.1, -0.05) is 18.2 Å². The van der Waals surface area contributed by atoms with Gasteiger partial charge >= 0.3 is 0 Å². The summed E-state index contributed by atoms with van der Waals surface area (Å²) in [6.07, 6.45) is 1.87. The first-order valence-corrected chi connectivity index (χ1v) is 9.28. The van der Waals surface area contributed by atoms with Crippen LogP contribution >= 0.6 is 11.6 Å². The number of rotatable bonds is 7. The second kappa shape index (κ2) is 9.09. The number of ether oxygens (including phenoxy) is 1. The summed E-state index contributed by atoms with van der Waals surface area (Å²) in [5.74, 6) is 1.15. The second-order valence-corrected chi connectivity index (χ2v) is 7.33. The van der Waals surface area contributed by atoms with Crippen molar-refractivity contribution in [3.05, 3.63) is 30.3 Å². The molecule has 25 heavy (non-hydrogen) atoms. The number of likely N-dealkylation sites (tertiary alicyclic amines) is 1. The van der Waals surface area contributed by atoms with E-state index in [4.69, 9.17) is 16.3 Å². The van der Waals surface area contributed by atoms with E-state index in [0.717, 1.165) is 18.6 Å². The summed E-state index contributed by atoms with van der Waals surface area (Å²) in [5, 5.41) is 3.03. The van der Waals surface area contributed by atoms with Gasteiger partial charge in [0.2, 0.25) is 11.8 Å². The van der Waals surface area contributed by atoms with Gasteiger partial charge in [0.25, 0.3) is 0 Å². The van der Waals surface area contributed by atoms with Gasteiger partial charge in [0.15, 0.2) is 0 Å². The van der Waals surface area contributed by atoms with Crippen LogP contribution in [0.5, 0.6) is 5.75 Å². The number of hydrogen-bond acceptors (Lipinski definition) is 3. The molecular formula is C19H27ClN2O3. The van der Waals surface area contributed by atoms with Crippen LogP contribution in [0.4, 0.5) is 0 Å². The van der Waals surface area contributed by atoms with Crippen molar-refractivity contribution < 1.29 is 14.3 Å². The number of para-hydroxylation sites is 1. The lowest BCUT2D eigenvalue weighted by atomic mass is 9.92. The highest BCUT2D eigenvalue weighted by Crippen LogP contribution is 2.23. The fraction of sp³-hybridized carbons (Fsp3) is 0.579. The predicted octanol–water partition coefficient (Wildman–Crippen LogP) is 2.83. The number of nitrogens with zero attached hydrogens (tertiary/aromatic N) is 1. The van der Waals surface area contributed by atoms with E-state index < -0.39 is 5.41 Å². The molecule has 1 heterocycles. The average molecular weight is 367 g/mol. The van der Waals surface area contributed by atoms with Crippen molar-refractivity contribution in [1.29, 1.82) is 0 Å². The van der Waals surface area contributed by atoms with Gasteiger partial charge in [0.05, 0.1) is 18.4 Å². The Kier molecular flexibility index (Phi) is 7.12. The minimum atomic E-state index is -0.535. The maximum absolute atomic E-state index is 12.4. The number of carbonyl (C=O) groups is 2. The third-order valence-electron chi connectivity index (χ3n) is 4.40. The molecule has 0 unspecified atom stereocenters. The molecule has 1 aromatic rings. The van der Waals surface area contributed by atoms with Crippen LogP contribution in [-0.4, -0.2) is 48.3 Å². The molecule has 1 N–H and O–H groups in total. The van der Waals surface area contributed by atoms with Gasteiger partial charge in [0, 0.05) is 25.0 Å². The molecule has 1 aliphatic rings. The standard InChI is InChI=1S/C19H27ClN2O3/c1-19(2,14-20)18(24)22-11-8-15(9-12-22)21-17(23)10-13-25-16-6-4-3-5-7-16/h3-7,15H,8-14H2,1-2H3,(H,21,23). The minimum Gasteiger partial charge on any atom is -0.493 e. The molecule has 0 atom stereocenters. The molecule has 0 aromatic heterocycles. The van der Waals surface area contributed by atoms with Crippen LogP contribution in [-0.2, 0) is 9.59 Å². The number of benzene rings is 1. The molecule has 0 aliphatic carbocycles. The van der Waals surface area contributed by atoms with Crippen molar-refractivity contribution >= 4 is 23.4 Å². The molecule has 1 aliphatic heterocycles. The fourth-order valence-electron chi connectivity index (χ4n) is 2.79. The highest BCUT2D eigenvalue weighted by atomic mass is 35.5. The molecule has 1 aromatic carbocycles. The first-order chi connectivity index (χ1) is 11.9. The van der Waals surface area contributed by atoms with Crippen LogP contribution in [0.1, 0.15) is 33.1 Å². The lowest BCUT2D eigenvalue weighted by Gasteiger charge is -2.36. The van der Waals surface area contributed by atoms with Gasteiger partial charge < -0.3 is 15.0 Å². The largest absolute Gasteiger partial charge is 0.493 e. The molecular weight excluding hydrogens is 340 g/mol. The van der Waals surface area contributed by atoms with Crippen LogP contribution in [0.2, 0.25) is 0 Å². The molecule has 138 valence electrons. The van der Waals surface area contributed by atoms with E-state index in [2.05, 4.69) is 5.32 Å². The van der Waals surface area contributed by atoms with Gasteiger partial charge in [-0.3, -0.25) is 9.59 Å². The van der Waals surface area contributed by atoms with E-state index >= 15 is 0 Å². The van der Waals surface area contributed by atoms with Crippen molar-refractivity contribution in [3.8, 4) is 5.75 Å². The summed E-state index contributed by atoms with van der Waals surface area (Å²) in [7, 11) is 0. The lowest BCUT2D eigenvalue weighted by Crippen LogP contribution is -2.50. The Bertz CT molecular complexity index is 569. The molecule has 0 spiro atoms. The number of amides is 2.